The Hall–Kier alpha value is -3.25. The lowest BCUT2D eigenvalue weighted by Crippen LogP contribution is -2.21. The molecule has 29 heavy (non-hydrogen) atoms. The van der Waals surface area contributed by atoms with Gasteiger partial charge in [0.1, 0.15) is 0 Å². The maximum atomic E-state index is 12.9. The van der Waals surface area contributed by atoms with Gasteiger partial charge in [0.05, 0.1) is 10.6 Å². The van der Waals surface area contributed by atoms with E-state index in [2.05, 4.69) is 5.32 Å². The highest BCUT2D eigenvalue weighted by Crippen LogP contribution is 2.37. The number of carbonyl (C=O) groups excluding carboxylic acids is 3. The van der Waals surface area contributed by atoms with E-state index in [1.807, 2.05) is 0 Å². The second-order valence-electron chi connectivity index (χ2n) is 7.37. The fraction of sp³-hybridized carbons (Fsp3) is 0.174. The Labute approximate surface area is 171 Å². The van der Waals surface area contributed by atoms with E-state index < -0.39 is 0 Å². The SMILES string of the molecule is Nc1sc2c(c1C(=O)Nc1ccc3c(c1)C(=O)c1ccccc1C3=O)CCCC2. The first-order valence-electron chi connectivity index (χ1n) is 9.58. The highest BCUT2D eigenvalue weighted by molar-refractivity contribution is 7.16. The Balaban J connectivity index is 1.49. The van der Waals surface area contributed by atoms with Crippen molar-refractivity contribution >= 4 is 39.5 Å². The van der Waals surface area contributed by atoms with Gasteiger partial charge in [-0.1, -0.05) is 24.3 Å². The number of hydrogen-bond acceptors (Lipinski definition) is 5. The molecule has 0 atom stereocenters. The number of amides is 1. The van der Waals surface area contributed by atoms with Crippen molar-refractivity contribution in [3.8, 4) is 0 Å². The molecule has 0 bridgehead atoms. The smallest absolute Gasteiger partial charge is 0.258 e. The van der Waals surface area contributed by atoms with Crippen molar-refractivity contribution in [3.05, 3.63) is 80.7 Å². The normalized spacial score (nSPS) is 14.8. The summed E-state index contributed by atoms with van der Waals surface area (Å²) < 4.78 is 0. The minimum atomic E-state index is -0.267. The van der Waals surface area contributed by atoms with Gasteiger partial charge < -0.3 is 11.1 Å². The average molecular weight is 402 g/mol. The van der Waals surface area contributed by atoms with Crippen LogP contribution in [-0.4, -0.2) is 17.5 Å². The summed E-state index contributed by atoms with van der Waals surface area (Å²) in [6, 6.07) is 11.6. The summed E-state index contributed by atoms with van der Waals surface area (Å²) in [5.74, 6) is -0.653. The van der Waals surface area contributed by atoms with Crippen LogP contribution in [0.15, 0.2) is 42.5 Å². The topological polar surface area (TPSA) is 89.3 Å². The van der Waals surface area contributed by atoms with Crippen molar-refractivity contribution in [3.63, 3.8) is 0 Å². The summed E-state index contributed by atoms with van der Waals surface area (Å²) in [5, 5.41) is 3.40. The molecule has 2 aliphatic rings. The quantitative estimate of drug-likeness (QED) is 0.525. The van der Waals surface area contributed by atoms with Gasteiger partial charge in [-0.2, -0.15) is 0 Å². The summed E-state index contributed by atoms with van der Waals surface area (Å²) in [7, 11) is 0. The van der Waals surface area contributed by atoms with E-state index in [9.17, 15) is 14.4 Å². The molecule has 5 nitrogen and oxygen atoms in total. The Morgan fingerprint density at radius 2 is 1.55 bits per heavy atom. The number of anilines is 2. The van der Waals surface area contributed by atoms with Gasteiger partial charge in [0, 0.05) is 32.8 Å². The average Bonchev–Trinajstić information content (AvgIpc) is 3.07. The van der Waals surface area contributed by atoms with Crippen molar-refractivity contribution in [2.45, 2.75) is 25.7 Å². The van der Waals surface area contributed by atoms with Gasteiger partial charge in [-0.3, -0.25) is 14.4 Å². The molecule has 5 rings (SSSR count). The van der Waals surface area contributed by atoms with E-state index in [0.717, 1.165) is 31.2 Å². The van der Waals surface area contributed by atoms with Gasteiger partial charge in [-0.25, -0.2) is 0 Å². The molecule has 0 saturated carbocycles. The van der Waals surface area contributed by atoms with E-state index >= 15 is 0 Å². The molecule has 0 fully saturated rings. The van der Waals surface area contributed by atoms with Crippen LogP contribution < -0.4 is 11.1 Å². The third kappa shape index (κ3) is 2.79. The second-order valence-corrected chi connectivity index (χ2v) is 8.51. The molecule has 0 spiro atoms. The maximum absolute atomic E-state index is 12.9. The van der Waals surface area contributed by atoms with E-state index in [-0.39, 0.29) is 17.5 Å². The molecule has 6 heteroatoms. The van der Waals surface area contributed by atoms with Crippen LogP contribution >= 0.6 is 11.3 Å². The number of nitrogens with two attached hydrogens (primary N) is 1. The van der Waals surface area contributed by atoms with Gasteiger partial charge in [0.15, 0.2) is 11.6 Å². The molecular weight excluding hydrogens is 384 g/mol. The summed E-state index contributed by atoms with van der Waals surface area (Å²) >= 11 is 1.49. The maximum Gasteiger partial charge on any atom is 0.258 e. The molecule has 0 saturated heterocycles. The summed E-state index contributed by atoms with van der Waals surface area (Å²) in [6.45, 7) is 0. The zero-order valence-electron chi connectivity index (χ0n) is 15.6. The molecule has 3 N–H and O–H groups in total. The van der Waals surface area contributed by atoms with Crippen LogP contribution in [-0.2, 0) is 12.8 Å². The number of benzene rings is 2. The molecule has 0 radical (unpaired) electrons. The van der Waals surface area contributed by atoms with Crippen LogP contribution in [0, 0.1) is 0 Å². The Morgan fingerprint density at radius 1 is 0.897 bits per heavy atom. The van der Waals surface area contributed by atoms with Crippen molar-refractivity contribution in [1.82, 2.24) is 0 Å². The first-order chi connectivity index (χ1) is 14.0. The van der Waals surface area contributed by atoms with Crippen molar-refractivity contribution in [1.29, 1.82) is 0 Å². The molecule has 3 aromatic rings. The molecule has 1 aromatic heterocycles. The number of ketones is 2. The minimum absolute atomic E-state index is 0.177. The predicted octanol–water partition coefficient (Wildman–Crippen LogP) is 4.24. The zero-order valence-corrected chi connectivity index (χ0v) is 16.4. The van der Waals surface area contributed by atoms with E-state index in [4.69, 9.17) is 5.73 Å². The molecule has 0 aliphatic heterocycles. The predicted molar refractivity (Wildman–Crippen MR) is 113 cm³/mol. The van der Waals surface area contributed by atoms with E-state index in [0.29, 0.717) is 38.5 Å². The minimum Gasteiger partial charge on any atom is -0.390 e. The summed E-state index contributed by atoms with van der Waals surface area (Å²) in [4.78, 5) is 39.7. The first kappa shape index (κ1) is 17.8. The zero-order chi connectivity index (χ0) is 20.1. The van der Waals surface area contributed by atoms with Crippen LogP contribution in [0.3, 0.4) is 0 Å². The largest absolute Gasteiger partial charge is 0.390 e. The monoisotopic (exact) mass is 402 g/mol. The highest BCUT2D eigenvalue weighted by atomic mass is 32.1. The number of nitrogen functional groups attached to an aromatic ring is 1. The van der Waals surface area contributed by atoms with Crippen LogP contribution in [0.5, 0.6) is 0 Å². The molecule has 0 unspecified atom stereocenters. The number of carbonyl (C=O) groups is 3. The van der Waals surface area contributed by atoms with Crippen LogP contribution in [0.4, 0.5) is 10.7 Å². The van der Waals surface area contributed by atoms with Crippen LogP contribution in [0.25, 0.3) is 0 Å². The number of rotatable bonds is 2. The third-order valence-electron chi connectivity index (χ3n) is 5.61. The molecular formula is C23H18N2O3S. The van der Waals surface area contributed by atoms with Gasteiger partial charge in [0.25, 0.3) is 5.91 Å². The third-order valence-corrected chi connectivity index (χ3v) is 6.73. The van der Waals surface area contributed by atoms with Gasteiger partial charge >= 0.3 is 0 Å². The number of fused-ring (bicyclic) bond motifs is 3. The molecule has 1 heterocycles. The number of aryl methyl sites for hydroxylation is 1. The van der Waals surface area contributed by atoms with Gasteiger partial charge in [-0.05, 0) is 49.4 Å². The van der Waals surface area contributed by atoms with Crippen molar-refractivity contribution < 1.29 is 14.4 Å². The highest BCUT2D eigenvalue weighted by Gasteiger charge is 2.30. The Morgan fingerprint density at radius 3 is 2.31 bits per heavy atom. The number of nitrogens with one attached hydrogen (secondary N) is 1. The molecule has 2 aromatic carbocycles. The van der Waals surface area contributed by atoms with Crippen LogP contribution in [0.1, 0.15) is 65.5 Å². The fourth-order valence-electron chi connectivity index (χ4n) is 4.21. The molecule has 1 amide bonds. The number of hydrogen-bond donors (Lipinski definition) is 2. The van der Waals surface area contributed by atoms with Crippen molar-refractivity contribution in [2.75, 3.05) is 11.1 Å². The summed E-state index contributed by atoms with van der Waals surface area (Å²) in [6.07, 6.45) is 4.00. The van der Waals surface area contributed by atoms with Crippen LogP contribution in [0.2, 0.25) is 0 Å². The summed E-state index contributed by atoms with van der Waals surface area (Å²) in [5.41, 5.74) is 9.70. The molecule has 144 valence electrons. The lowest BCUT2D eigenvalue weighted by atomic mass is 9.84. The van der Waals surface area contributed by atoms with E-state index in [1.54, 1.807) is 42.5 Å². The lowest BCUT2D eigenvalue weighted by Gasteiger charge is -2.18. The number of thiophene rings is 1. The van der Waals surface area contributed by atoms with Gasteiger partial charge in [-0.15, -0.1) is 11.3 Å². The van der Waals surface area contributed by atoms with E-state index in [1.165, 1.54) is 16.2 Å². The lowest BCUT2D eigenvalue weighted by molar-refractivity contribution is 0.0979. The Bertz CT molecular complexity index is 1210. The van der Waals surface area contributed by atoms with Gasteiger partial charge in [0.2, 0.25) is 0 Å². The first-order valence-corrected chi connectivity index (χ1v) is 10.4. The fourth-order valence-corrected chi connectivity index (χ4v) is 5.36. The van der Waals surface area contributed by atoms with Crippen molar-refractivity contribution in [2.24, 2.45) is 0 Å². The molecule has 2 aliphatic carbocycles. The standard InChI is InChI=1S/C23H18N2O3S/c24-22-19(16-7-3-4-8-18(16)29-22)23(28)25-12-9-10-15-17(11-12)21(27)14-6-2-1-5-13(14)20(15)26/h1-2,5-6,9-11H,3-4,7-8,24H2,(H,25,28). The second kappa shape index (κ2) is 6.67. The Kier molecular flexibility index (Phi) is 4.10.